The predicted octanol–water partition coefficient (Wildman–Crippen LogP) is 2.31. The minimum absolute atomic E-state index is 0.188. The Morgan fingerprint density at radius 3 is 2.40 bits per heavy atom. The second kappa shape index (κ2) is 5.48. The highest BCUT2D eigenvalue weighted by atomic mass is 19.1. The van der Waals surface area contributed by atoms with E-state index in [0.717, 1.165) is 6.07 Å². The number of rotatable bonds is 4. The van der Waals surface area contributed by atoms with Crippen molar-refractivity contribution in [1.82, 2.24) is 0 Å². The number of carbonyl (C=O) groups is 1. The van der Waals surface area contributed by atoms with Crippen molar-refractivity contribution < 1.29 is 18.7 Å². The van der Waals surface area contributed by atoms with Gasteiger partial charge < -0.3 is 20.9 Å². The maximum atomic E-state index is 13.6. The Balaban J connectivity index is 2.26. The molecule has 0 saturated heterocycles. The molecule has 20 heavy (non-hydrogen) atoms. The molecule has 0 heterocycles. The minimum Gasteiger partial charge on any atom is -0.494 e. The first-order valence-electron chi connectivity index (χ1n) is 5.72. The van der Waals surface area contributed by atoms with Crippen molar-refractivity contribution in [3.8, 4) is 17.2 Å². The summed E-state index contributed by atoms with van der Waals surface area (Å²) < 4.78 is 24.1. The second-order valence-corrected chi connectivity index (χ2v) is 4.01. The molecule has 0 spiro atoms. The fourth-order valence-electron chi connectivity index (χ4n) is 1.65. The summed E-state index contributed by atoms with van der Waals surface area (Å²) in [5.74, 6) is -0.445. The molecule has 6 heteroatoms. The van der Waals surface area contributed by atoms with Gasteiger partial charge in [0.15, 0.2) is 0 Å². The predicted molar refractivity (Wildman–Crippen MR) is 72.4 cm³/mol. The highest BCUT2D eigenvalue weighted by Crippen LogP contribution is 2.30. The summed E-state index contributed by atoms with van der Waals surface area (Å²) in [4.78, 5) is 10.9. The van der Waals surface area contributed by atoms with Crippen molar-refractivity contribution in [1.29, 1.82) is 0 Å². The third-order valence-electron chi connectivity index (χ3n) is 2.65. The van der Waals surface area contributed by atoms with Crippen LogP contribution in [0.3, 0.4) is 0 Å². The summed E-state index contributed by atoms with van der Waals surface area (Å²) in [6.07, 6.45) is 0. The first kappa shape index (κ1) is 13.7. The highest BCUT2D eigenvalue weighted by Gasteiger charge is 2.10. The van der Waals surface area contributed by atoms with E-state index < -0.39 is 11.7 Å². The van der Waals surface area contributed by atoms with E-state index >= 15 is 0 Å². The van der Waals surface area contributed by atoms with Gasteiger partial charge in [-0.15, -0.1) is 0 Å². The first-order valence-corrected chi connectivity index (χ1v) is 5.72. The van der Waals surface area contributed by atoms with Gasteiger partial charge in [0.05, 0.1) is 18.4 Å². The number of benzene rings is 2. The second-order valence-electron chi connectivity index (χ2n) is 4.01. The molecular formula is C14H13FN2O3. The van der Waals surface area contributed by atoms with Crippen molar-refractivity contribution in [3.05, 3.63) is 47.8 Å². The molecule has 104 valence electrons. The fourth-order valence-corrected chi connectivity index (χ4v) is 1.65. The van der Waals surface area contributed by atoms with Crippen LogP contribution >= 0.6 is 0 Å². The van der Waals surface area contributed by atoms with Crippen LogP contribution in [0.4, 0.5) is 10.1 Å². The van der Waals surface area contributed by atoms with E-state index in [-0.39, 0.29) is 11.3 Å². The van der Waals surface area contributed by atoms with Crippen molar-refractivity contribution >= 4 is 11.6 Å². The van der Waals surface area contributed by atoms with E-state index in [1.54, 1.807) is 18.2 Å². The number of nitrogens with two attached hydrogens (primary N) is 2. The number of methoxy groups -OCH3 is 1. The summed E-state index contributed by atoms with van der Waals surface area (Å²) in [6.45, 7) is 0. The lowest BCUT2D eigenvalue weighted by Gasteiger charge is -2.09. The number of hydrogen-bond acceptors (Lipinski definition) is 4. The maximum Gasteiger partial charge on any atom is 0.251 e. The van der Waals surface area contributed by atoms with Gasteiger partial charge in [0, 0.05) is 12.1 Å². The molecule has 0 aliphatic rings. The van der Waals surface area contributed by atoms with Gasteiger partial charge in [-0.05, 0) is 24.3 Å². The molecule has 4 N–H and O–H groups in total. The monoisotopic (exact) mass is 276 g/mol. The molecule has 0 aliphatic heterocycles. The lowest BCUT2D eigenvalue weighted by Crippen LogP contribution is -2.12. The van der Waals surface area contributed by atoms with Crippen LogP contribution in [0, 0.1) is 5.82 Å². The lowest BCUT2D eigenvalue weighted by atomic mass is 10.2. The zero-order valence-electron chi connectivity index (χ0n) is 10.7. The van der Waals surface area contributed by atoms with Crippen LogP contribution in [0.1, 0.15) is 10.4 Å². The van der Waals surface area contributed by atoms with Crippen LogP contribution in [0.15, 0.2) is 36.4 Å². The molecule has 0 bridgehead atoms. The zero-order valence-corrected chi connectivity index (χ0v) is 10.7. The summed E-state index contributed by atoms with van der Waals surface area (Å²) in [7, 11) is 1.48. The Bertz CT molecular complexity index is 659. The largest absolute Gasteiger partial charge is 0.494 e. The van der Waals surface area contributed by atoms with E-state index in [9.17, 15) is 9.18 Å². The summed E-state index contributed by atoms with van der Waals surface area (Å²) in [5.41, 5.74) is 11.0. The van der Waals surface area contributed by atoms with Crippen LogP contribution in [0.25, 0.3) is 0 Å². The summed E-state index contributed by atoms with van der Waals surface area (Å²) in [6, 6.07) is 8.62. The smallest absolute Gasteiger partial charge is 0.251 e. The minimum atomic E-state index is -0.830. The van der Waals surface area contributed by atoms with Crippen LogP contribution in [-0.2, 0) is 0 Å². The molecule has 0 unspecified atom stereocenters. The number of primary amides is 1. The standard InChI is InChI=1S/C14H13FN2O3/c1-19-13-7-9(3-5-12(13)16)20-8-2-4-10(14(17)18)11(15)6-8/h2-7H,16H2,1H3,(H2,17,18). The number of anilines is 1. The van der Waals surface area contributed by atoms with Gasteiger partial charge in [0.1, 0.15) is 23.1 Å². The zero-order chi connectivity index (χ0) is 14.7. The van der Waals surface area contributed by atoms with Gasteiger partial charge in [-0.1, -0.05) is 0 Å². The molecule has 0 saturated carbocycles. The van der Waals surface area contributed by atoms with E-state index in [1.807, 2.05) is 0 Å². The molecule has 2 aromatic carbocycles. The van der Waals surface area contributed by atoms with E-state index in [2.05, 4.69) is 0 Å². The molecule has 2 aromatic rings. The number of nitrogen functional groups attached to an aromatic ring is 1. The molecule has 2 rings (SSSR count). The number of hydrogen-bond donors (Lipinski definition) is 2. The summed E-state index contributed by atoms with van der Waals surface area (Å²) in [5, 5.41) is 0. The normalized spacial score (nSPS) is 10.1. The van der Waals surface area contributed by atoms with E-state index in [1.165, 1.54) is 19.2 Å². The Labute approximate surface area is 114 Å². The molecule has 1 amide bonds. The Morgan fingerprint density at radius 1 is 1.15 bits per heavy atom. The molecule has 0 atom stereocenters. The number of amides is 1. The van der Waals surface area contributed by atoms with Gasteiger partial charge in [-0.25, -0.2) is 4.39 Å². The third kappa shape index (κ3) is 2.80. The van der Waals surface area contributed by atoms with Crippen molar-refractivity contribution in [2.45, 2.75) is 0 Å². The summed E-state index contributed by atoms with van der Waals surface area (Å²) >= 11 is 0. The molecule has 0 radical (unpaired) electrons. The van der Waals surface area contributed by atoms with Crippen molar-refractivity contribution in [2.75, 3.05) is 12.8 Å². The van der Waals surface area contributed by atoms with Crippen LogP contribution in [0.2, 0.25) is 0 Å². The number of halogens is 1. The van der Waals surface area contributed by atoms with Crippen molar-refractivity contribution in [2.24, 2.45) is 5.73 Å². The van der Waals surface area contributed by atoms with E-state index in [0.29, 0.717) is 17.2 Å². The molecular weight excluding hydrogens is 263 g/mol. The van der Waals surface area contributed by atoms with E-state index in [4.69, 9.17) is 20.9 Å². The Morgan fingerprint density at radius 2 is 1.80 bits per heavy atom. The van der Waals surface area contributed by atoms with Gasteiger partial charge in [-0.2, -0.15) is 0 Å². The lowest BCUT2D eigenvalue weighted by molar-refractivity contribution is 0.0996. The molecule has 0 fully saturated rings. The average molecular weight is 276 g/mol. The van der Waals surface area contributed by atoms with Crippen LogP contribution < -0.4 is 20.9 Å². The molecule has 0 aliphatic carbocycles. The van der Waals surface area contributed by atoms with Gasteiger partial charge in [0.2, 0.25) is 0 Å². The van der Waals surface area contributed by atoms with Gasteiger partial charge >= 0.3 is 0 Å². The van der Waals surface area contributed by atoms with Gasteiger partial charge in [0.25, 0.3) is 5.91 Å². The Kier molecular flexibility index (Phi) is 3.74. The Hall–Kier alpha value is -2.76. The van der Waals surface area contributed by atoms with Crippen LogP contribution in [-0.4, -0.2) is 13.0 Å². The highest BCUT2D eigenvalue weighted by molar-refractivity contribution is 5.93. The van der Waals surface area contributed by atoms with Gasteiger partial charge in [-0.3, -0.25) is 4.79 Å². The van der Waals surface area contributed by atoms with Crippen molar-refractivity contribution in [3.63, 3.8) is 0 Å². The third-order valence-corrected chi connectivity index (χ3v) is 2.65. The number of ether oxygens (including phenoxy) is 2. The first-order chi connectivity index (χ1) is 9.51. The topological polar surface area (TPSA) is 87.6 Å². The average Bonchev–Trinajstić information content (AvgIpc) is 2.40. The fraction of sp³-hybridized carbons (Fsp3) is 0.0714. The molecule has 5 nitrogen and oxygen atoms in total. The van der Waals surface area contributed by atoms with Crippen LogP contribution in [0.5, 0.6) is 17.2 Å². The SMILES string of the molecule is COc1cc(Oc2ccc(C(N)=O)c(F)c2)ccc1N. The quantitative estimate of drug-likeness (QED) is 0.839. The number of carbonyl (C=O) groups excluding carboxylic acids is 1. The molecule has 0 aromatic heterocycles. The maximum absolute atomic E-state index is 13.6.